The molecule has 1 amide bonds. The minimum Gasteiger partial charge on any atom is -0.444 e. The van der Waals surface area contributed by atoms with E-state index in [1.54, 1.807) is 4.90 Å². The summed E-state index contributed by atoms with van der Waals surface area (Å²) in [4.78, 5) is 13.7. The van der Waals surface area contributed by atoms with E-state index in [0.717, 1.165) is 0 Å². The van der Waals surface area contributed by atoms with Crippen LogP contribution in [0.25, 0.3) is 0 Å². The summed E-state index contributed by atoms with van der Waals surface area (Å²) in [5.74, 6) is 0.952. The summed E-state index contributed by atoms with van der Waals surface area (Å²) >= 11 is 0. The zero-order chi connectivity index (χ0) is 15.4. The molecule has 2 aliphatic rings. The number of ether oxygens (including phenoxy) is 1. The van der Waals surface area contributed by atoms with E-state index in [0.29, 0.717) is 24.5 Å². The number of piperidine rings is 1. The average molecular weight is 289 g/mol. The Balaban J connectivity index is 1.71. The second-order valence-corrected chi connectivity index (χ2v) is 6.90. The van der Waals surface area contributed by atoms with E-state index in [-0.39, 0.29) is 17.9 Å². The highest BCUT2D eigenvalue weighted by Crippen LogP contribution is 2.63. The SMILES string of the molecule is Cc1cc(C2(C#N)C3CN(C(=O)OC(C)(C)C)CC32)no1. The Hall–Kier alpha value is -2.03. The minimum atomic E-state index is -0.587. The summed E-state index contributed by atoms with van der Waals surface area (Å²) in [6.45, 7) is 8.43. The van der Waals surface area contributed by atoms with Gasteiger partial charge in [0.1, 0.15) is 22.5 Å². The topological polar surface area (TPSA) is 79.4 Å². The number of aryl methyl sites for hydroxylation is 1. The fourth-order valence-corrected chi connectivity index (χ4v) is 3.27. The maximum Gasteiger partial charge on any atom is 0.410 e. The van der Waals surface area contributed by atoms with Crippen molar-refractivity contribution < 1.29 is 14.1 Å². The van der Waals surface area contributed by atoms with Crippen molar-refractivity contribution in [1.82, 2.24) is 10.1 Å². The summed E-state index contributed by atoms with van der Waals surface area (Å²) in [6.07, 6.45) is -0.308. The largest absolute Gasteiger partial charge is 0.444 e. The van der Waals surface area contributed by atoms with Crippen LogP contribution in [-0.4, -0.2) is 34.8 Å². The molecular weight excluding hydrogens is 270 g/mol. The Bertz CT molecular complexity index is 611. The molecule has 2 fully saturated rings. The third kappa shape index (κ3) is 2.08. The maximum absolute atomic E-state index is 12.1. The highest BCUT2D eigenvalue weighted by Gasteiger charge is 2.72. The Morgan fingerprint density at radius 2 is 2.14 bits per heavy atom. The quantitative estimate of drug-likeness (QED) is 0.792. The molecule has 0 radical (unpaired) electrons. The molecule has 0 spiro atoms. The summed E-state index contributed by atoms with van der Waals surface area (Å²) in [5.41, 5.74) is -0.392. The highest BCUT2D eigenvalue weighted by molar-refractivity contribution is 5.69. The first kappa shape index (κ1) is 13.9. The second-order valence-electron chi connectivity index (χ2n) is 6.90. The molecule has 6 heteroatoms. The van der Waals surface area contributed by atoms with E-state index < -0.39 is 11.0 Å². The van der Waals surface area contributed by atoms with E-state index in [1.165, 1.54) is 0 Å². The first-order chi connectivity index (χ1) is 9.78. The maximum atomic E-state index is 12.1. The summed E-state index contributed by atoms with van der Waals surface area (Å²) < 4.78 is 10.5. The normalized spacial score (nSPS) is 30.7. The third-order valence-electron chi connectivity index (χ3n) is 4.27. The first-order valence-electron chi connectivity index (χ1n) is 7.11. The molecule has 3 rings (SSSR count). The molecule has 0 aromatic carbocycles. The van der Waals surface area contributed by atoms with Gasteiger partial charge in [0.25, 0.3) is 0 Å². The molecule has 2 heterocycles. The van der Waals surface area contributed by atoms with Gasteiger partial charge in [0.15, 0.2) is 0 Å². The van der Waals surface area contributed by atoms with E-state index >= 15 is 0 Å². The van der Waals surface area contributed by atoms with Crippen molar-refractivity contribution in [3.05, 3.63) is 17.5 Å². The molecule has 1 aromatic rings. The van der Waals surface area contributed by atoms with Crippen LogP contribution in [0.15, 0.2) is 10.6 Å². The van der Waals surface area contributed by atoms with Gasteiger partial charge in [0.2, 0.25) is 0 Å². The van der Waals surface area contributed by atoms with Crippen LogP contribution in [0.1, 0.15) is 32.2 Å². The van der Waals surface area contributed by atoms with Crippen LogP contribution in [0.4, 0.5) is 4.79 Å². The zero-order valence-corrected chi connectivity index (χ0v) is 12.7. The number of carbonyl (C=O) groups is 1. The smallest absolute Gasteiger partial charge is 0.410 e. The predicted molar refractivity (Wildman–Crippen MR) is 73.3 cm³/mol. The zero-order valence-electron chi connectivity index (χ0n) is 12.7. The highest BCUT2D eigenvalue weighted by atomic mass is 16.6. The monoisotopic (exact) mass is 289 g/mol. The average Bonchev–Trinajstić information content (AvgIpc) is 2.75. The number of likely N-dealkylation sites (tertiary alicyclic amines) is 1. The Kier molecular flexibility index (Phi) is 2.81. The van der Waals surface area contributed by atoms with Crippen LogP contribution in [0.2, 0.25) is 0 Å². The van der Waals surface area contributed by atoms with E-state index in [4.69, 9.17) is 9.26 Å². The Morgan fingerprint density at radius 3 is 2.57 bits per heavy atom. The number of carbonyl (C=O) groups excluding carboxylic acids is 1. The van der Waals surface area contributed by atoms with E-state index in [1.807, 2.05) is 33.8 Å². The van der Waals surface area contributed by atoms with Crippen LogP contribution < -0.4 is 0 Å². The van der Waals surface area contributed by atoms with Gasteiger partial charge in [0.05, 0.1) is 6.07 Å². The van der Waals surface area contributed by atoms with Crippen LogP contribution in [0.5, 0.6) is 0 Å². The van der Waals surface area contributed by atoms with Gasteiger partial charge in [-0.25, -0.2) is 4.79 Å². The molecule has 2 atom stereocenters. The number of nitriles is 1. The van der Waals surface area contributed by atoms with Gasteiger partial charge >= 0.3 is 6.09 Å². The molecule has 1 aromatic heterocycles. The van der Waals surface area contributed by atoms with Gasteiger partial charge in [-0.15, -0.1) is 0 Å². The second kappa shape index (κ2) is 4.23. The van der Waals surface area contributed by atoms with Gasteiger partial charge < -0.3 is 14.2 Å². The van der Waals surface area contributed by atoms with Crippen LogP contribution in [-0.2, 0) is 10.2 Å². The fraction of sp³-hybridized carbons (Fsp3) is 0.667. The lowest BCUT2D eigenvalue weighted by Crippen LogP contribution is -2.39. The Labute approximate surface area is 123 Å². The van der Waals surface area contributed by atoms with Crippen molar-refractivity contribution in [1.29, 1.82) is 5.26 Å². The van der Waals surface area contributed by atoms with Crippen molar-refractivity contribution in [2.45, 2.75) is 38.7 Å². The van der Waals surface area contributed by atoms with Crippen molar-refractivity contribution >= 4 is 6.09 Å². The molecule has 1 saturated carbocycles. The predicted octanol–water partition coefficient (Wildman–Crippen LogP) is 2.24. The van der Waals surface area contributed by atoms with Gasteiger partial charge in [0, 0.05) is 31.0 Å². The molecule has 21 heavy (non-hydrogen) atoms. The number of aromatic nitrogens is 1. The van der Waals surface area contributed by atoms with Crippen molar-refractivity contribution in [3.63, 3.8) is 0 Å². The number of fused-ring (bicyclic) bond motifs is 1. The molecule has 1 aliphatic carbocycles. The molecule has 1 saturated heterocycles. The molecule has 6 nitrogen and oxygen atoms in total. The van der Waals surface area contributed by atoms with Gasteiger partial charge in [-0.3, -0.25) is 0 Å². The molecule has 112 valence electrons. The molecule has 2 unspecified atom stereocenters. The van der Waals surface area contributed by atoms with Crippen LogP contribution >= 0.6 is 0 Å². The standard InChI is InChI=1S/C15H19N3O3/c1-9-5-12(17-21-9)15(8-16)10-6-18(7-11(10)15)13(19)20-14(2,3)4/h5,10-11H,6-7H2,1-4H3. The van der Waals surface area contributed by atoms with Gasteiger partial charge in [-0.05, 0) is 27.7 Å². The lowest BCUT2D eigenvalue weighted by atomic mass is 9.97. The van der Waals surface area contributed by atoms with Crippen molar-refractivity contribution in [3.8, 4) is 6.07 Å². The fourth-order valence-electron chi connectivity index (χ4n) is 3.27. The van der Waals surface area contributed by atoms with Gasteiger partial charge in [-0.2, -0.15) is 5.26 Å². The lowest BCUT2D eigenvalue weighted by Gasteiger charge is -2.26. The number of amides is 1. The molecular formula is C15H19N3O3. The van der Waals surface area contributed by atoms with E-state index in [2.05, 4.69) is 11.2 Å². The number of rotatable bonds is 1. The molecule has 1 aliphatic heterocycles. The Morgan fingerprint density at radius 1 is 1.52 bits per heavy atom. The van der Waals surface area contributed by atoms with Crippen molar-refractivity contribution in [2.75, 3.05) is 13.1 Å². The van der Waals surface area contributed by atoms with Crippen molar-refractivity contribution in [2.24, 2.45) is 11.8 Å². The lowest BCUT2D eigenvalue weighted by molar-refractivity contribution is 0.0265. The summed E-state index contributed by atoms with van der Waals surface area (Å²) in [5, 5.41) is 13.6. The molecule has 0 bridgehead atoms. The van der Waals surface area contributed by atoms with Crippen LogP contribution in [0, 0.1) is 30.1 Å². The number of nitrogens with zero attached hydrogens (tertiary/aromatic N) is 3. The van der Waals surface area contributed by atoms with Crippen LogP contribution in [0.3, 0.4) is 0 Å². The number of hydrogen-bond acceptors (Lipinski definition) is 5. The number of hydrogen-bond donors (Lipinski definition) is 0. The third-order valence-corrected chi connectivity index (χ3v) is 4.27. The summed E-state index contributed by atoms with van der Waals surface area (Å²) in [7, 11) is 0. The summed E-state index contributed by atoms with van der Waals surface area (Å²) in [6, 6.07) is 4.21. The van der Waals surface area contributed by atoms with E-state index in [9.17, 15) is 10.1 Å². The first-order valence-corrected chi connectivity index (χ1v) is 7.11. The van der Waals surface area contributed by atoms with Gasteiger partial charge in [-0.1, -0.05) is 5.16 Å². The minimum absolute atomic E-state index is 0.125. The molecule has 0 N–H and O–H groups in total.